The van der Waals surface area contributed by atoms with E-state index in [0.717, 1.165) is 13.0 Å². The van der Waals surface area contributed by atoms with Crippen LogP contribution >= 0.6 is 0 Å². The summed E-state index contributed by atoms with van der Waals surface area (Å²) < 4.78 is 0. The minimum absolute atomic E-state index is 0.609. The predicted molar refractivity (Wildman–Crippen MR) is 89.3 cm³/mol. The monoisotopic (exact) mass is 269 g/mol. The molecule has 2 rings (SSSR count). The summed E-state index contributed by atoms with van der Waals surface area (Å²) in [6.07, 6.45) is 6.40. The van der Waals surface area contributed by atoms with Crippen LogP contribution in [0.1, 0.15) is 45.1 Å². The molecule has 0 aromatic heterocycles. The van der Waals surface area contributed by atoms with Gasteiger partial charge in [0.15, 0.2) is 0 Å². The average Bonchev–Trinajstić information content (AvgIpc) is 2.48. The Morgan fingerprint density at radius 2 is 1.75 bits per heavy atom. The molecule has 1 unspecified atom stereocenters. The Hall–Kier alpha value is -1.34. The van der Waals surface area contributed by atoms with Gasteiger partial charge in [0.2, 0.25) is 0 Å². The van der Waals surface area contributed by atoms with Crippen LogP contribution in [-0.4, -0.2) is 12.6 Å². The van der Waals surface area contributed by atoms with E-state index in [4.69, 9.17) is 0 Å². The van der Waals surface area contributed by atoms with Crippen LogP contribution in [0, 0.1) is 0 Å². The molecule has 1 nitrogen and oxygen atoms in total. The van der Waals surface area contributed by atoms with Gasteiger partial charge in [0.1, 0.15) is 0 Å². The molecule has 0 saturated carbocycles. The van der Waals surface area contributed by atoms with Gasteiger partial charge < -0.3 is 5.32 Å². The summed E-state index contributed by atoms with van der Waals surface area (Å²) in [7, 11) is 0. The average molecular weight is 269 g/mol. The summed E-state index contributed by atoms with van der Waals surface area (Å²) in [6.45, 7) is 5.53. The lowest BCUT2D eigenvalue weighted by Crippen LogP contribution is -2.31. The molecular formula is C19H27N. The van der Waals surface area contributed by atoms with Gasteiger partial charge in [-0.05, 0) is 35.7 Å². The summed E-state index contributed by atoms with van der Waals surface area (Å²) in [5, 5.41) is 6.42. The Morgan fingerprint density at radius 3 is 2.55 bits per heavy atom. The first-order valence-electron chi connectivity index (χ1n) is 8.05. The highest BCUT2D eigenvalue weighted by Crippen LogP contribution is 2.21. The standard InChI is InChI=1S/C19H27N/c1-3-5-6-13-18(20-4-2)15-17-12-9-11-16-10-7-8-14-19(16)17/h7-12,14,18,20H,3-6,13,15H2,1-2H3. The third-order valence-electron chi connectivity index (χ3n) is 4.00. The minimum atomic E-state index is 0.609. The van der Waals surface area contributed by atoms with Crippen LogP contribution in [0.2, 0.25) is 0 Å². The van der Waals surface area contributed by atoms with Gasteiger partial charge in [-0.3, -0.25) is 0 Å². The lowest BCUT2D eigenvalue weighted by molar-refractivity contribution is 0.468. The fourth-order valence-electron chi connectivity index (χ4n) is 2.94. The normalized spacial score (nSPS) is 12.7. The molecule has 0 saturated heterocycles. The lowest BCUT2D eigenvalue weighted by atomic mass is 9.96. The highest BCUT2D eigenvalue weighted by Gasteiger charge is 2.10. The van der Waals surface area contributed by atoms with Crippen molar-refractivity contribution in [2.24, 2.45) is 0 Å². The maximum absolute atomic E-state index is 3.65. The molecule has 0 aliphatic carbocycles. The molecule has 0 heterocycles. The summed E-state index contributed by atoms with van der Waals surface area (Å²) >= 11 is 0. The van der Waals surface area contributed by atoms with Crippen LogP contribution in [0.15, 0.2) is 42.5 Å². The van der Waals surface area contributed by atoms with Crippen molar-refractivity contribution in [2.45, 2.75) is 52.0 Å². The van der Waals surface area contributed by atoms with Gasteiger partial charge >= 0.3 is 0 Å². The van der Waals surface area contributed by atoms with Crippen molar-refractivity contribution in [1.29, 1.82) is 0 Å². The van der Waals surface area contributed by atoms with Crippen molar-refractivity contribution >= 4 is 10.8 Å². The molecule has 0 bridgehead atoms. The summed E-state index contributed by atoms with van der Waals surface area (Å²) in [6, 6.07) is 16.0. The zero-order chi connectivity index (χ0) is 14.2. The van der Waals surface area contributed by atoms with E-state index in [1.807, 2.05) is 0 Å². The van der Waals surface area contributed by atoms with Crippen molar-refractivity contribution in [3.8, 4) is 0 Å². The molecule has 2 aromatic rings. The van der Waals surface area contributed by atoms with Crippen LogP contribution in [-0.2, 0) is 6.42 Å². The van der Waals surface area contributed by atoms with Gasteiger partial charge in [-0.2, -0.15) is 0 Å². The van der Waals surface area contributed by atoms with Gasteiger partial charge in [-0.1, -0.05) is 75.6 Å². The van der Waals surface area contributed by atoms with Crippen molar-refractivity contribution in [3.05, 3.63) is 48.0 Å². The molecule has 1 heteroatoms. The van der Waals surface area contributed by atoms with Crippen LogP contribution in [0.5, 0.6) is 0 Å². The maximum atomic E-state index is 3.65. The molecule has 0 radical (unpaired) electrons. The van der Waals surface area contributed by atoms with E-state index in [2.05, 4.69) is 61.6 Å². The molecule has 0 spiro atoms. The molecule has 0 amide bonds. The molecule has 108 valence electrons. The maximum Gasteiger partial charge on any atom is 0.0108 e. The number of hydrogen-bond donors (Lipinski definition) is 1. The van der Waals surface area contributed by atoms with Crippen molar-refractivity contribution in [3.63, 3.8) is 0 Å². The highest BCUT2D eigenvalue weighted by atomic mass is 14.9. The Morgan fingerprint density at radius 1 is 0.950 bits per heavy atom. The highest BCUT2D eigenvalue weighted by molar-refractivity contribution is 5.85. The SMILES string of the molecule is CCCCCC(Cc1cccc2ccccc12)NCC. The van der Waals surface area contributed by atoms with Crippen molar-refractivity contribution < 1.29 is 0 Å². The van der Waals surface area contributed by atoms with Gasteiger partial charge in [-0.25, -0.2) is 0 Å². The van der Waals surface area contributed by atoms with Crippen LogP contribution in [0.3, 0.4) is 0 Å². The Bertz CT molecular complexity index is 513. The molecule has 1 N–H and O–H groups in total. The van der Waals surface area contributed by atoms with E-state index in [-0.39, 0.29) is 0 Å². The molecule has 0 aliphatic heterocycles. The Labute approximate surface area is 123 Å². The third-order valence-corrected chi connectivity index (χ3v) is 4.00. The molecule has 2 aromatic carbocycles. The predicted octanol–water partition coefficient (Wildman–Crippen LogP) is 4.94. The van der Waals surface area contributed by atoms with Crippen molar-refractivity contribution in [1.82, 2.24) is 5.32 Å². The van der Waals surface area contributed by atoms with Gasteiger partial charge in [-0.15, -0.1) is 0 Å². The van der Waals surface area contributed by atoms with E-state index in [1.165, 1.54) is 42.0 Å². The third kappa shape index (κ3) is 4.08. The zero-order valence-electron chi connectivity index (χ0n) is 12.9. The fourth-order valence-corrected chi connectivity index (χ4v) is 2.94. The number of fused-ring (bicyclic) bond motifs is 1. The minimum Gasteiger partial charge on any atom is -0.314 e. The second kappa shape index (κ2) is 8.06. The van der Waals surface area contributed by atoms with Crippen LogP contribution in [0.4, 0.5) is 0 Å². The number of likely N-dealkylation sites (N-methyl/N-ethyl adjacent to an activating group) is 1. The van der Waals surface area contributed by atoms with Crippen molar-refractivity contribution in [2.75, 3.05) is 6.54 Å². The summed E-state index contributed by atoms with van der Waals surface area (Å²) in [4.78, 5) is 0. The number of nitrogens with one attached hydrogen (secondary N) is 1. The number of rotatable bonds is 8. The smallest absolute Gasteiger partial charge is 0.0108 e. The van der Waals surface area contributed by atoms with E-state index < -0.39 is 0 Å². The molecular weight excluding hydrogens is 242 g/mol. The summed E-state index contributed by atoms with van der Waals surface area (Å²) in [5.41, 5.74) is 1.48. The Balaban J connectivity index is 2.11. The molecule has 0 fully saturated rings. The van der Waals surface area contributed by atoms with Crippen LogP contribution < -0.4 is 5.32 Å². The first-order valence-corrected chi connectivity index (χ1v) is 8.05. The van der Waals surface area contributed by atoms with Gasteiger partial charge in [0, 0.05) is 6.04 Å². The van der Waals surface area contributed by atoms with Gasteiger partial charge in [0.05, 0.1) is 0 Å². The molecule has 0 aliphatic rings. The quantitative estimate of drug-likeness (QED) is 0.669. The number of hydrogen-bond acceptors (Lipinski definition) is 1. The first-order chi connectivity index (χ1) is 9.85. The van der Waals surface area contributed by atoms with E-state index in [9.17, 15) is 0 Å². The second-order valence-corrected chi connectivity index (χ2v) is 5.59. The van der Waals surface area contributed by atoms with Gasteiger partial charge in [0.25, 0.3) is 0 Å². The largest absolute Gasteiger partial charge is 0.314 e. The number of unbranched alkanes of at least 4 members (excludes halogenated alkanes) is 2. The molecule has 20 heavy (non-hydrogen) atoms. The van der Waals surface area contributed by atoms with Crippen LogP contribution in [0.25, 0.3) is 10.8 Å². The fraction of sp³-hybridized carbons (Fsp3) is 0.474. The first kappa shape index (κ1) is 15.1. The van der Waals surface area contributed by atoms with E-state index in [0.29, 0.717) is 6.04 Å². The lowest BCUT2D eigenvalue weighted by Gasteiger charge is -2.19. The topological polar surface area (TPSA) is 12.0 Å². The van der Waals surface area contributed by atoms with E-state index >= 15 is 0 Å². The zero-order valence-corrected chi connectivity index (χ0v) is 12.9. The Kier molecular flexibility index (Phi) is 6.07. The van der Waals surface area contributed by atoms with E-state index in [1.54, 1.807) is 0 Å². The number of benzene rings is 2. The second-order valence-electron chi connectivity index (χ2n) is 5.59. The molecule has 1 atom stereocenters. The summed E-state index contributed by atoms with van der Waals surface area (Å²) in [5.74, 6) is 0.